The first kappa shape index (κ1) is 52.3. The molecule has 0 aromatic heterocycles. The van der Waals surface area contributed by atoms with Crippen LogP contribution in [0.4, 0.5) is 0 Å². The lowest BCUT2D eigenvalue weighted by atomic mass is 9.97. The van der Waals surface area contributed by atoms with Crippen molar-refractivity contribution >= 4 is 5.91 Å². The molecule has 0 aromatic rings. The Morgan fingerprint density at radius 1 is 0.603 bits per heavy atom. The Kier molecular flexibility index (Phi) is 28.9. The van der Waals surface area contributed by atoms with Crippen LogP contribution in [0.1, 0.15) is 142 Å². The third-order valence-corrected chi connectivity index (χ3v) is 10.8. The Morgan fingerprint density at radius 3 is 1.71 bits per heavy atom. The summed E-state index contributed by atoms with van der Waals surface area (Å²) in [6, 6.07) is -0.931. The first-order valence-corrected chi connectivity index (χ1v) is 22.2. The van der Waals surface area contributed by atoms with Gasteiger partial charge in [-0.3, -0.25) is 4.79 Å². The molecule has 2 fully saturated rings. The number of carbonyl (C=O) groups excluding carboxylic acids is 1. The van der Waals surface area contributed by atoms with Gasteiger partial charge in [0.1, 0.15) is 48.8 Å². The number of unbranched alkanes of at least 4 members (excludes halogenated alkanes) is 15. The molecule has 2 heterocycles. The van der Waals surface area contributed by atoms with Crippen LogP contribution in [0.25, 0.3) is 0 Å². The van der Waals surface area contributed by atoms with Crippen LogP contribution in [0.3, 0.4) is 0 Å². The van der Waals surface area contributed by atoms with Crippen LogP contribution in [0.2, 0.25) is 0 Å². The fourth-order valence-corrected chi connectivity index (χ4v) is 7.06. The van der Waals surface area contributed by atoms with E-state index in [1.54, 1.807) is 6.08 Å². The molecule has 0 aliphatic carbocycles. The Morgan fingerprint density at radius 2 is 1.10 bits per heavy atom. The van der Waals surface area contributed by atoms with E-state index in [-0.39, 0.29) is 18.9 Å². The molecule has 0 bridgehead atoms. The molecule has 0 saturated carbocycles. The topological polar surface area (TPSA) is 228 Å². The molecule has 58 heavy (non-hydrogen) atoms. The van der Waals surface area contributed by atoms with Gasteiger partial charge in [0.05, 0.1) is 32.0 Å². The van der Waals surface area contributed by atoms with Crippen molar-refractivity contribution in [1.29, 1.82) is 0 Å². The minimum Gasteiger partial charge on any atom is -0.394 e. The first-order chi connectivity index (χ1) is 28.1. The number of hydrogen-bond donors (Lipinski definition) is 9. The van der Waals surface area contributed by atoms with Gasteiger partial charge in [0.2, 0.25) is 5.91 Å². The molecule has 0 aromatic carbocycles. The maximum Gasteiger partial charge on any atom is 0.220 e. The van der Waals surface area contributed by atoms with E-state index in [9.17, 15) is 45.6 Å². The number of rotatable bonds is 32. The second-order valence-corrected chi connectivity index (χ2v) is 15.8. The van der Waals surface area contributed by atoms with E-state index in [1.165, 1.54) is 57.8 Å². The van der Waals surface area contributed by atoms with E-state index in [4.69, 9.17) is 18.9 Å². The van der Waals surface area contributed by atoms with E-state index >= 15 is 0 Å². The maximum atomic E-state index is 13.1. The highest BCUT2D eigenvalue weighted by Gasteiger charge is 2.50. The number of ether oxygens (including phenoxy) is 4. The number of hydrogen-bond acceptors (Lipinski definition) is 13. The molecule has 2 aliphatic heterocycles. The van der Waals surface area contributed by atoms with Crippen LogP contribution in [0, 0.1) is 0 Å². The van der Waals surface area contributed by atoms with Crippen molar-refractivity contribution in [3.05, 3.63) is 36.5 Å². The predicted molar refractivity (Wildman–Crippen MR) is 221 cm³/mol. The van der Waals surface area contributed by atoms with Gasteiger partial charge in [-0.25, -0.2) is 0 Å². The molecule has 0 radical (unpaired) electrons. The highest BCUT2D eigenvalue weighted by atomic mass is 16.7. The summed E-state index contributed by atoms with van der Waals surface area (Å²) < 4.78 is 22.6. The quantitative estimate of drug-likeness (QED) is 0.0346. The summed E-state index contributed by atoms with van der Waals surface area (Å²) in [6.45, 7) is 2.67. The van der Waals surface area contributed by atoms with Crippen molar-refractivity contribution in [3.8, 4) is 0 Å². The summed E-state index contributed by atoms with van der Waals surface area (Å²) in [4.78, 5) is 13.1. The van der Waals surface area contributed by atoms with Gasteiger partial charge in [0, 0.05) is 6.42 Å². The summed E-state index contributed by atoms with van der Waals surface area (Å²) in [6.07, 6.45) is 16.3. The van der Waals surface area contributed by atoms with Crippen molar-refractivity contribution < 1.29 is 64.6 Å². The summed E-state index contributed by atoms with van der Waals surface area (Å²) in [5.74, 6) is -0.264. The molecule has 2 rings (SSSR count). The van der Waals surface area contributed by atoms with Crippen molar-refractivity contribution in [2.24, 2.45) is 0 Å². The summed E-state index contributed by atoms with van der Waals surface area (Å²) >= 11 is 0. The Labute approximate surface area is 347 Å². The number of nitrogens with one attached hydrogen (secondary N) is 1. The highest BCUT2D eigenvalue weighted by molar-refractivity contribution is 5.76. The van der Waals surface area contributed by atoms with Crippen LogP contribution in [-0.2, 0) is 23.7 Å². The summed E-state index contributed by atoms with van der Waals surface area (Å²) in [5.41, 5.74) is 0. The average molecular weight is 830 g/mol. The molecule has 2 saturated heterocycles. The monoisotopic (exact) mass is 830 g/mol. The Hall–Kier alpha value is -1.79. The van der Waals surface area contributed by atoms with Crippen LogP contribution < -0.4 is 5.32 Å². The molecule has 9 N–H and O–H groups in total. The minimum atomic E-state index is -1.79. The fourth-order valence-electron chi connectivity index (χ4n) is 7.06. The second-order valence-electron chi connectivity index (χ2n) is 15.8. The summed E-state index contributed by atoms with van der Waals surface area (Å²) in [5, 5.41) is 86.2. The Balaban J connectivity index is 1.92. The van der Waals surface area contributed by atoms with E-state index < -0.39 is 86.8 Å². The van der Waals surface area contributed by atoms with Crippen molar-refractivity contribution in [3.63, 3.8) is 0 Å². The van der Waals surface area contributed by atoms with Crippen LogP contribution in [0.15, 0.2) is 36.5 Å². The number of allylic oxidation sites excluding steroid dienone is 5. The molecule has 2 aliphatic rings. The molecule has 338 valence electrons. The van der Waals surface area contributed by atoms with Gasteiger partial charge < -0.3 is 65.1 Å². The third kappa shape index (κ3) is 20.2. The zero-order chi connectivity index (χ0) is 42.5. The summed E-state index contributed by atoms with van der Waals surface area (Å²) in [7, 11) is 0. The molecular weight excluding hydrogens is 750 g/mol. The molecule has 12 unspecified atom stereocenters. The predicted octanol–water partition coefficient (Wildman–Crippen LogP) is 3.98. The third-order valence-electron chi connectivity index (χ3n) is 10.8. The standard InChI is InChI=1S/C44H79NO13/c1-3-5-7-9-11-13-15-16-17-18-20-22-24-26-28-36(49)45-32(33(48)27-25-23-21-19-14-12-10-8-6-4-2)31-55-43-41(54)39(52)42(35(30-47)57-43)58-44-40(53)38(51)37(50)34(29-46)56-44/h14-16,19,25,27,32-35,37-44,46-48,50-54H,3-13,17-18,20-24,26,28-31H2,1-2H3,(H,45,49)/b16-15-,19-14+,27-25+. The number of carbonyl (C=O) groups is 1. The lowest BCUT2D eigenvalue weighted by Gasteiger charge is -2.46. The van der Waals surface area contributed by atoms with Crippen molar-refractivity contribution in [2.75, 3.05) is 19.8 Å². The molecule has 14 nitrogen and oxygen atoms in total. The van der Waals surface area contributed by atoms with E-state index in [1.807, 2.05) is 6.08 Å². The van der Waals surface area contributed by atoms with Gasteiger partial charge in [-0.2, -0.15) is 0 Å². The normalized spacial score (nSPS) is 29.1. The van der Waals surface area contributed by atoms with Gasteiger partial charge in [-0.1, -0.05) is 115 Å². The Bertz CT molecular complexity index is 1120. The molecule has 12 atom stereocenters. The van der Waals surface area contributed by atoms with Crippen LogP contribution >= 0.6 is 0 Å². The number of aliphatic hydroxyl groups is 8. The van der Waals surface area contributed by atoms with Gasteiger partial charge in [-0.15, -0.1) is 0 Å². The van der Waals surface area contributed by atoms with Crippen molar-refractivity contribution in [2.45, 2.75) is 216 Å². The van der Waals surface area contributed by atoms with Crippen molar-refractivity contribution in [1.82, 2.24) is 5.32 Å². The van der Waals surface area contributed by atoms with E-state index in [0.29, 0.717) is 12.8 Å². The smallest absolute Gasteiger partial charge is 0.220 e. The molecule has 14 heteroatoms. The maximum absolute atomic E-state index is 13.1. The zero-order valence-corrected chi connectivity index (χ0v) is 35.3. The average Bonchev–Trinajstić information content (AvgIpc) is 3.22. The number of amides is 1. The van der Waals surface area contributed by atoms with Gasteiger partial charge in [-0.05, 0) is 57.8 Å². The minimum absolute atomic E-state index is 0.263. The van der Waals surface area contributed by atoms with Gasteiger partial charge >= 0.3 is 0 Å². The largest absolute Gasteiger partial charge is 0.394 e. The molecule has 1 amide bonds. The fraction of sp³-hybridized carbons (Fsp3) is 0.841. The van der Waals surface area contributed by atoms with Crippen LogP contribution in [0.5, 0.6) is 0 Å². The first-order valence-electron chi connectivity index (χ1n) is 22.2. The van der Waals surface area contributed by atoms with Gasteiger partial charge in [0.15, 0.2) is 12.6 Å². The SMILES string of the molecule is CCCCCC/C=C/CC/C=C/C(O)C(COC1OC(CO)C(OC2OC(CO)C(O)C(O)C2O)C(O)C1O)NC(=O)CCCCCCC/C=C\CCCCCCC. The lowest BCUT2D eigenvalue weighted by molar-refractivity contribution is -0.359. The highest BCUT2D eigenvalue weighted by Crippen LogP contribution is 2.30. The lowest BCUT2D eigenvalue weighted by Crippen LogP contribution is -2.65. The van der Waals surface area contributed by atoms with Gasteiger partial charge in [0.25, 0.3) is 0 Å². The molecular formula is C44H79NO13. The second kappa shape index (κ2) is 32.0. The number of aliphatic hydroxyl groups excluding tert-OH is 8. The van der Waals surface area contributed by atoms with E-state index in [2.05, 4.69) is 43.5 Å². The van der Waals surface area contributed by atoms with E-state index in [0.717, 1.165) is 51.4 Å². The zero-order valence-electron chi connectivity index (χ0n) is 35.3. The molecule has 0 spiro atoms. The van der Waals surface area contributed by atoms with Crippen LogP contribution in [-0.4, -0.2) is 140 Å².